The molecule has 8 nitrogen and oxygen atoms in total. The molecule has 1 unspecified atom stereocenters. The number of carbonyl (C=O) groups is 2. The van der Waals surface area contributed by atoms with Crippen molar-refractivity contribution in [3.8, 4) is 5.75 Å². The molecule has 186 valence electrons. The van der Waals surface area contributed by atoms with Gasteiger partial charge in [0.1, 0.15) is 16.7 Å². The molecule has 0 saturated heterocycles. The van der Waals surface area contributed by atoms with Crippen molar-refractivity contribution in [1.29, 1.82) is 0 Å². The van der Waals surface area contributed by atoms with Gasteiger partial charge in [-0.3, -0.25) is 9.59 Å². The number of nitrogens with one attached hydrogen (secondary N) is 2. The second kappa shape index (κ2) is 12.5. The zero-order valence-corrected chi connectivity index (χ0v) is 21.3. The molecular weight excluding hydrogens is 454 g/mol. The van der Waals surface area contributed by atoms with Crippen LogP contribution in [0.15, 0.2) is 53.4 Å². The Labute approximate surface area is 202 Å². The summed E-state index contributed by atoms with van der Waals surface area (Å²) in [6.07, 6.45) is 0.159. The summed E-state index contributed by atoms with van der Waals surface area (Å²) in [6, 6.07) is 13.0. The molecule has 0 spiro atoms. The van der Waals surface area contributed by atoms with Gasteiger partial charge >= 0.3 is 0 Å². The zero-order valence-electron chi connectivity index (χ0n) is 20.5. The Morgan fingerprint density at radius 1 is 1.00 bits per heavy atom. The van der Waals surface area contributed by atoms with Crippen molar-refractivity contribution in [1.82, 2.24) is 9.62 Å². The molecule has 2 aromatic carbocycles. The molecule has 2 aromatic rings. The number of benzene rings is 2. The van der Waals surface area contributed by atoms with E-state index in [9.17, 15) is 18.0 Å². The number of hydrogen-bond acceptors (Lipinski definition) is 5. The third-order valence-electron chi connectivity index (χ3n) is 5.31. The summed E-state index contributed by atoms with van der Waals surface area (Å²) in [5.41, 5.74) is 1.16. The molecule has 2 N–H and O–H groups in total. The number of anilines is 1. The number of sulfonamides is 1. The molecule has 2 rings (SSSR count). The van der Waals surface area contributed by atoms with E-state index in [1.54, 1.807) is 26.8 Å². The maximum Gasteiger partial charge on any atom is 0.247 e. The minimum Gasteiger partial charge on any atom is -0.492 e. The Morgan fingerprint density at radius 2 is 1.65 bits per heavy atom. The van der Waals surface area contributed by atoms with Crippen molar-refractivity contribution in [2.75, 3.05) is 25.0 Å². The van der Waals surface area contributed by atoms with Crippen molar-refractivity contribution in [2.24, 2.45) is 5.92 Å². The van der Waals surface area contributed by atoms with Gasteiger partial charge < -0.3 is 15.4 Å². The van der Waals surface area contributed by atoms with Gasteiger partial charge in [0.25, 0.3) is 0 Å². The van der Waals surface area contributed by atoms with Crippen LogP contribution < -0.4 is 15.4 Å². The molecule has 0 aromatic heterocycles. The minimum atomic E-state index is -3.82. The molecule has 0 saturated carbocycles. The summed E-state index contributed by atoms with van der Waals surface area (Å²) < 4.78 is 33.2. The summed E-state index contributed by atoms with van der Waals surface area (Å²) in [5.74, 6) is -0.645. The van der Waals surface area contributed by atoms with E-state index in [0.717, 1.165) is 5.56 Å². The largest absolute Gasteiger partial charge is 0.492 e. The molecule has 0 aliphatic carbocycles. The predicted molar refractivity (Wildman–Crippen MR) is 133 cm³/mol. The van der Waals surface area contributed by atoms with Gasteiger partial charge in [-0.1, -0.05) is 58.0 Å². The lowest BCUT2D eigenvalue weighted by atomic mass is 10.0. The van der Waals surface area contributed by atoms with Crippen LogP contribution in [0.2, 0.25) is 0 Å². The summed E-state index contributed by atoms with van der Waals surface area (Å²) in [6.45, 7) is 9.89. The molecular formula is C25H35N3O5S. The number of amides is 2. The van der Waals surface area contributed by atoms with Crippen molar-refractivity contribution < 1.29 is 22.7 Å². The van der Waals surface area contributed by atoms with Crippen LogP contribution in [0.4, 0.5) is 5.69 Å². The van der Waals surface area contributed by atoms with E-state index < -0.39 is 22.0 Å². The Kier molecular flexibility index (Phi) is 10.1. The van der Waals surface area contributed by atoms with E-state index in [1.165, 1.54) is 16.4 Å². The fraction of sp³-hybridized carbons (Fsp3) is 0.440. The van der Waals surface area contributed by atoms with E-state index in [2.05, 4.69) is 10.6 Å². The molecule has 0 aliphatic rings. The first kappa shape index (κ1) is 27.3. The quantitative estimate of drug-likeness (QED) is 0.475. The maximum atomic E-state index is 13.2. The number of rotatable bonds is 12. The molecule has 0 radical (unpaired) electrons. The van der Waals surface area contributed by atoms with Crippen LogP contribution in [0.3, 0.4) is 0 Å². The van der Waals surface area contributed by atoms with Crippen LogP contribution in [-0.4, -0.2) is 50.3 Å². The van der Waals surface area contributed by atoms with Crippen LogP contribution in [0.5, 0.6) is 5.75 Å². The normalized spacial score (nSPS) is 12.4. The fourth-order valence-corrected chi connectivity index (χ4v) is 5.14. The Morgan fingerprint density at radius 3 is 2.21 bits per heavy atom. The third-order valence-corrected chi connectivity index (χ3v) is 7.38. The molecule has 0 bridgehead atoms. The second-order valence-corrected chi connectivity index (χ2v) is 10.0. The van der Waals surface area contributed by atoms with Gasteiger partial charge in [-0.05, 0) is 36.6 Å². The first-order chi connectivity index (χ1) is 16.1. The highest BCUT2D eigenvalue weighted by Gasteiger charge is 2.28. The fourth-order valence-electron chi connectivity index (χ4n) is 3.53. The molecule has 9 heteroatoms. The van der Waals surface area contributed by atoms with Gasteiger partial charge in [-0.2, -0.15) is 4.31 Å². The Balaban J connectivity index is 2.26. The lowest BCUT2D eigenvalue weighted by Gasteiger charge is -2.23. The number of carbonyl (C=O) groups excluding carboxylic acids is 2. The van der Waals surface area contributed by atoms with Crippen LogP contribution in [0.25, 0.3) is 0 Å². The number of ether oxygens (including phenoxy) is 1. The number of nitrogens with zero attached hydrogens (tertiary/aromatic N) is 1. The molecule has 1 atom stereocenters. The van der Waals surface area contributed by atoms with E-state index in [1.807, 2.05) is 44.2 Å². The molecule has 0 heterocycles. The first-order valence-electron chi connectivity index (χ1n) is 11.5. The lowest BCUT2D eigenvalue weighted by molar-refractivity contribution is -0.127. The van der Waals surface area contributed by atoms with Gasteiger partial charge in [0.05, 0.1) is 13.0 Å². The van der Waals surface area contributed by atoms with Crippen molar-refractivity contribution in [2.45, 2.75) is 52.0 Å². The van der Waals surface area contributed by atoms with E-state index in [-0.39, 0.29) is 28.9 Å². The van der Waals surface area contributed by atoms with Gasteiger partial charge in [0, 0.05) is 18.8 Å². The molecule has 34 heavy (non-hydrogen) atoms. The van der Waals surface area contributed by atoms with E-state index in [0.29, 0.717) is 25.4 Å². The summed E-state index contributed by atoms with van der Waals surface area (Å²) in [5, 5.41) is 5.55. The lowest BCUT2D eigenvalue weighted by Crippen LogP contribution is -2.47. The highest BCUT2D eigenvalue weighted by Crippen LogP contribution is 2.30. The van der Waals surface area contributed by atoms with Gasteiger partial charge in [0.15, 0.2) is 0 Å². The highest BCUT2D eigenvalue weighted by atomic mass is 32.2. The first-order valence-corrected chi connectivity index (χ1v) is 13.0. The van der Waals surface area contributed by atoms with E-state index in [4.69, 9.17) is 4.74 Å². The Bertz CT molecular complexity index is 1070. The molecule has 0 fully saturated rings. The summed E-state index contributed by atoms with van der Waals surface area (Å²) in [7, 11) is -3.82. The van der Waals surface area contributed by atoms with Gasteiger partial charge in [0.2, 0.25) is 21.8 Å². The van der Waals surface area contributed by atoms with Crippen LogP contribution >= 0.6 is 0 Å². The smallest absolute Gasteiger partial charge is 0.247 e. The van der Waals surface area contributed by atoms with Crippen molar-refractivity contribution >= 4 is 27.5 Å². The van der Waals surface area contributed by atoms with E-state index >= 15 is 0 Å². The van der Waals surface area contributed by atoms with Crippen molar-refractivity contribution in [3.05, 3.63) is 54.1 Å². The number of hydrogen-bond donors (Lipinski definition) is 2. The second-order valence-electron chi connectivity index (χ2n) is 8.12. The molecule has 2 amide bonds. The average Bonchev–Trinajstić information content (AvgIpc) is 2.79. The summed E-state index contributed by atoms with van der Waals surface area (Å²) >= 11 is 0. The average molecular weight is 490 g/mol. The third kappa shape index (κ3) is 7.04. The monoisotopic (exact) mass is 489 g/mol. The maximum absolute atomic E-state index is 13.2. The van der Waals surface area contributed by atoms with Gasteiger partial charge in [-0.25, -0.2) is 8.42 Å². The van der Waals surface area contributed by atoms with Crippen LogP contribution in [0.1, 0.15) is 40.2 Å². The predicted octanol–water partition coefficient (Wildman–Crippen LogP) is 3.44. The standard InChI is InChI=1S/C25H35N3O5S/c1-6-28(7-2)34(31,32)22-17-20(14-15-21(22)33-8-3)26-25(30)24(18(4)5)27-23(29)16-19-12-10-9-11-13-19/h9-15,17-18,24H,6-8,16H2,1-5H3,(H,26,30)(H,27,29). The van der Waals surface area contributed by atoms with Crippen molar-refractivity contribution in [3.63, 3.8) is 0 Å². The highest BCUT2D eigenvalue weighted by molar-refractivity contribution is 7.89. The van der Waals surface area contributed by atoms with Gasteiger partial charge in [-0.15, -0.1) is 0 Å². The van der Waals surface area contributed by atoms with Crippen LogP contribution in [0, 0.1) is 5.92 Å². The summed E-state index contributed by atoms with van der Waals surface area (Å²) in [4.78, 5) is 25.6. The minimum absolute atomic E-state index is 0.00920. The Hall–Kier alpha value is -2.91. The molecule has 0 aliphatic heterocycles. The SMILES string of the molecule is CCOc1ccc(NC(=O)C(NC(=O)Cc2ccccc2)C(C)C)cc1S(=O)(=O)N(CC)CC. The zero-order chi connectivity index (χ0) is 25.3. The van der Waals surface area contributed by atoms with Crippen LogP contribution in [-0.2, 0) is 26.0 Å². The topological polar surface area (TPSA) is 105 Å².